The topological polar surface area (TPSA) is 56.2 Å². The van der Waals surface area contributed by atoms with Crippen molar-refractivity contribution in [2.75, 3.05) is 5.32 Å². The van der Waals surface area contributed by atoms with Crippen LogP contribution in [0.2, 0.25) is 0 Å². The number of ether oxygens (including phenoxy) is 1. The Kier molecular flexibility index (Phi) is 5.85. The number of carbonyl (C=O) groups excluding carboxylic acids is 1. The maximum atomic E-state index is 13.2. The number of thiophene rings is 1. The number of aromatic nitrogens is 2. The molecule has 0 aliphatic carbocycles. The molecule has 5 nitrogen and oxygen atoms in total. The van der Waals surface area contributed by atoms with E-state index in [-0.39, 0.29) is 24.1 Å². The van der Waals surface area contributed by atoms with Crippen molar-refractivity contribution in [1.82, 2.24) is 9.78 Å². The minimum Gasteiger partial charge on any atom is -0.489 e. The summed E-state index contributed by atoms with van der Waals surface area (Å²) >= 11 is 1.29. The standard InChI is InChI=1S/C22H17F2N3O2S/c23-17-6-4-15(5-7-17)12-27-9-8-21(26-27)25-22(28)20-10-16(14-30-20)13-29-19-3-1-2-18(24)11-19/h1-11,14H,12-13H2,(H,25,26,28). The Morgan fingerprint density at radius 1 is 1.03 bits per heavy atom. The summed E-state index contributed by atoms with van der Waals surface area (Å²) in [7, 11) is 0. The van der Waals surface area contributed by atoms with Crippen LogP contribution in [0.15, 0.2) is 72.2 Å². The lowest BCUT2D eigenvalue weighted by Gasteiger charge is -2.04. The van der Waals surface area contributed by atoms with Crippen molar-refractivity contribution < 1.29 is 18.3 Å². The molecule has 1 N–H and O–H groups in total. The SMILES string of the molecule is O=C(Nc1ccn(Cc2ccc(F)cc2)n1)c1cc(COc2cccc(F)c2)cs1. The van der Waals surface area contributed by atoms with Gasteiger partial charge in [0.25, 0.3) is 5.91 Å². The Balaban J connectivity index is 1.33. The lowest BCUT2D eigenvalue weighted by Crippen LogP contribution is -2.11. The summed E-state index contributed by atoms with van der Waals surface area (Å²) in [6, 6.07) is 15.5. The second kappa shape index (κ2) is 8.87. The third-order valence-corrected chi connectivity index (χ3v) is 5.20. The fourth-order valence-electron chi connectivity index (χ4n) is 2.77. The zero-order chi connectivity index (χ0) is 20.9. The van der Waals surface area contributed by atoms with Crippen LogP contribution in [0.4, 0.5) is 14.6 Å². The molecule has 0 aliphatic rings. The highest BCUT2D eigenvalue weighted by atomic mass is 32.1. The highest BCUT2D eigenvalue weighted by Gasteiger charge is 2.12. The van der Waals surface area contributed by atoms with Crippen LogP contribution in [0.3, 0.4) is 0 Å². The summed E-state index contributed by atoms with van der Waals surface area (Å²) in [5.74, 6) is -0.0726. The van der Waals surface area contributed by atoms with Crippen molar-refractivity contribution >= 4 is 23.1 Å². The van der Waals surface area contributed by atoms with Crippen LogP contribution in [-0.4, -0.2) is 15.7 Å². The molecule has 0 aliphatic heterocycles. The number of rotatable bonds is 7. The van der Waals surface area contributed by atoms with Crippen LogP contribution in [0.1, 0.15) is 20.8 Å². The van der Waals surface area contributed by atoms with Gasteiger partial charge in [-0.3, -0.25) is 9.48 Å². The summed E-state index contributed by atoms with van der Waals surface area (Å²) in [6.45, 7) is 0.705. The molecule has 30 heavy (non-hydrogen) atoms. The van der Waals surface area contributed by atoms with E-state index in [2.05, 4.69) is 10.4 Å². The summed E-state index contributed by atoms with van der Waals surface area (Å²) in [5.41, 5.74) is 1.72. The molecule has 4 rings (SSSR count). The first-order chi connectivity index (χ1) is 14.5. The van der Waals surface area contributed by atoms with E-state index in [9.17, 15) is 13.6 Å². The molecular weight excluding hydrogens is 408 g/mol. The number of benzene rings is 2. The average molecular weight is 425 g/mol. The molecule has 0 saturated heterocycles. The monoisotopic (exact) mass is 425 g/mol. The Morgan fingerprint density at radius 3 is 2.67 bits per heavy atom. The van der Waals surface area contributed by atoms with Crippen LogP contribution in [0, 0.1) is 11.6 Å². The molecule has 0 fully saturated rings. The second-order valence-corrected chi connectivity index (χ2v) is 7.46. The van der Waals surface area contributed by atoms with E-state index >= 15 is 0 Å². The van der Waals surface area contributed by atoms with Gasteiger partial charge in [-0.2, -0.15) is 5.10 Å². The van der Waals surface area contributed by atoms with Crippen LogP contribution in [-0.2, 0) is 13.2 Å². The largest absolute Gasteiger partial charge is 0.489 e. The van der Waals surface area contributed by atoms with Gasteiger partial charge in [-0.15, -0.1) is 11.3 Å². The first-order valence-corrected chi connectivity index (χ1v) is 9.98. The van der Waals surface area contributed by atoms with Crippen LogP contribution in [0.25, 0.3) is 0 Å². The lowest BCUT2D eigenvalue weighted by molar-refractivity contribution is 0.103. The maximum Gasteiger partial charge on any atom is 0.266 e. The van der Waals surface area contributed by atoms with E-state index in [0.29, 0.717) is 23.0 Å². The molecule has 2 aromatic heterocycles. The first kappa shape index (κ1) is 19.8. The average Bonchev–Trinajstić information content (AvgIpc) is 3.38. The molecule has 0 saturated carbocycles. The van der Waals surface area contributed by atoms with Crippen molar-refractivity contribution in [3.05, 3.63) is 99.9 Å². The van der Waals surface area contributed by atoms with Crippen LogP contribution in [0.5, 0.6) is 5.75 Å². The number of nitrogens with one attached hydrogen (secondary N) is 1. The molecule has 2 aromatic carbocycles. The molecule has 0 radical (unpaired) electrons. The zero-order valence-electron chi connectivity index (χ0n) is 15.7. The van der Waals surface area contributed by atoms with Gasteiger partial charge in [0.2, 0.25) is 0 Å². The van der Waals surface area contributed by atoms with Crippen molar-refractivity contribution in [3.63, 3.8) is 0 Å². The fraction of sp³-hybridized carbons (Fsp3) is 0.0909. The predicted octanol–water partition coefficient (Wildman–Crippen LogP) is 5.10. The molecular formula is C22H17F2N3O2S. The highest BCUT2D eigenvalue weighted by molar-refractivity contribution is 7.12. The number of hydrogen-bond donors (Lipinski definition) is 1. The van der Waals surface area contributed by atoms with Gasteiger partial charge in [0.15, 0.2) is 5.82 Å². The van der Waals surface area contributed by atoms with E-state index in [1.54, 1.807) is 47.3 Å². The molecule has 0 spiro atoms. The minimum absolute atomic E-state index is 0.236. The Labute approximate surface area is 175 Å². The summed E-state index contributed by atoms with van der Waals surface area (Å²) in [5, 5.41) is 8.90. The number of nitrogens with zero attached hydrogens (tertiary/aromatic N) is 2. The zero-order valence-corrected chi connectivity index (χ0v) is 16.5. The van der Waals surface area contributed by atoms with Crippen molar-refractivity contribution in [3.8, 4) is 5.75 Å². The first-order valence-electron chi connectivity index (χ1n) is 9.10. The number of hydrogen-bond acceptors (Lipinski definition) is 4. The third-order valence-electron chi connectivity index (χ3n) is 4.22. The number of halogens is 2. The van der Waals surface area contributed by atoms with Gasteiger partial charge >= 0.3 is 0 Å². The van der Waals surface area contributed by atoms with Gasteiger partial charge < -0.3 is 10.1 Å². The predicted molar refractivity (Wildman–Crippen MR) is 111 cm³/mol. The summed E-state index contributed by atoms with van der Waals surface area (Å²) in [4.78, 5) is 13.0. The molecule has 152 valence electrons. The number of amides is 1. The van der Waals surface area contributed by atoms with E-state index in [1.807, 2.05) is 5.38 Å². The van der Waals surface area contributed by atoms with Crippen molar-refractivity contribution in [2.24, 2.45) is 0 Å². The van der Waals surface area contributed by atoms with E-state index in [0.717, 1.165) is 11.1 Å². The number of carbonyl (C=O) groups is 1. The Morgan fingerprint density at radius 2 is 1.87 bits per heavy atom. The van der Waals surface area contributed by atoms with Gasteiger partial charge in [-0.05, 0) is 41.3 Å². The van der Waals surface area contributed by atoms with Crippen LogP contribution >= 0.6 is 11.3 Å². The molecule has 2 heterocycles. The van der Waals surface area contributed by atoms with Crippen LogP contribution < -0.4 is 10.1 Å². The Hall–Kier alpha value is -3.52. The van der Waals surface area contributed by atoms with Gasteiger partial charge in [0.1, 0.15) is 24.0 Å². The lowest BCUT2D eigenvalue weighted by atomic mass is 10.2. The molecule has 4 aromatic rings. The van der Waals surface area contributed by atoms with E-state index in [4.69, 9.17) is 4.74 Å². The molecule has 0 atom stereocenters. The fourth-order valence-corrected chi connectivity index (χ4v) is 3.56. The van der Waals surface area contributed by atoms with Gasteiger partial charge in [0, 0.05) is 23.9 Å². The maximum absolute atomic E-state index is 13.2. The van der Waals surface area contributed by atoms with Crippen molar-refractivity contribution in [1.29, 1.82) is 0 Å². The molecule has 8 heteroatoms. The second-order valence-electron chi connectivity index (χ2n) is 6.54. The van der Waals surface area contributed by atoms with Gasteiger partial charge in [0.05, 0.1) is 11.4 Å². The van der Waals surface area contributed by atoms with Gasteiger partial charge in [-0.1, -0.05) is 18.2 Å². The van der Waals surface area contributed by atoms with Gasteiger partial charge in [-0.25, -0.2) is 8.78 Å². The summed E-state index contributed by atoms with van der Waals surface area (Å²) < 4.78 is 33.4. The molecule has 0 unspecified atom stereocenters. The molecule has 0 bridgehead atoms. The Bertz CT molecular complexity index is 1160. The minimum atomic E-state index is -0.364. The van der Waals surface area contributed by atoms with E-state index in [1.165, 1.54) is 35.6 Å². The highest BCUT2D eigenvalue weighted by Crippen LogP contribution is 2.19. The van der Waals surface area contributed by atoms with Crippen molar-refractivity contribution in [2.45, 2.75) is 13.2 Å². The molecule has 1 amide bonds. The van der Waals surface area contributed by atoms with E-state index < -0.39 is 0 Å². The summed E-state index contributed by atoms with van der Waals surface area (Å²) in [6.07, 6.45) is 1.74. The quantitative estimate of drug-likeness (QED) is 0.448. The normalized spacial score (nSPS) is 10.7. The third kappa shape index (κ3) is 5.09. The number of anilines is 1. The smallest absolute Gasteiger partial charge is 0.266 e.